The van der Waals surface area contributed by atoms with E-state index in [2.05, 4.69) is 15.1 Å². The summed E-state index contributed by atoms with van der Waals surface area (Å²) in [6.45, 7) is 4.51. The number of oxime groups is 1. The summed E-state index contributed by atoms with van der Waals surface area (Å²) in [5.41, 5.74) is 5.78. The van der Waals surface area contributed by atoms with E-state index in [1.54, 1.807) is 11.8 Å². The first-order valence-electron chi connectivity index (χ1n) is 5.62. The number of carbonyl (C=O) groups is 1. The van der Waals surface area contributed by atoms with Gasteiger partial charge in [0.2, 0.25) is 0 Å². The summed E-state index contributed by atoms with van der Waals surface area (Å²) in [6.07, 6.45) is 4.39. The molecule has 1 unspecified atom stereocenters. The summed E-state index contributed by atoms with van der Waals surface area (Å²) < 4.78 is 0. The predicted octanol–water partition coefficient (Wildman–Crippen LogP) is 0.321. The summed E-state index contributed by atoms with van der Waals surface area (Å²) in [7, 11) is 0. The van der Waals surface area contributed by atoms with Gasteiger partial charge in [-0.15, -0.1) is 0 Å². The Morgan fingerprint density at radius 1 is 1.61 bits per heavy atom. The Kier molecular flexibility index (Phi) is 5.04. The van der Waals surface area contributed by atoms with E-state index in [9.17, 15) is 4.79 Å². The van der Waals surface area contributed by atoms with Gasteiger partial charge < -0.3 is 15.8 Å². The van der Waals surface area contributed by atoms with E-state index < -0.39 is 0 Å². The SMILES string of the molecule is CCN(CC(C)C(N)=NO)C(=O)c1cnccn1. The van der Waals surface area contributed by atoms with Gasteiger partial charge in [-0.25, -0.2) is 4.98 Å². The number of amides is 1. The molecule has 0 aliphatic heterocycles. The van der Waals surface area contributed by atoms with Gasteiger partial charge in [0.15, 0.2) is 0 Å². The highest BCUT2D eigenvalue weighted by Crippen LogP contribution is 2.05. The van der Waals surface area contributed by atoms with Crippen molar-refractivity contribution in [2.24, 2.45) is 16.8 Å². The average molecular weight is 251 g/mol. The van der Waals surface area contributed by atoms with E-state index >= 15 is 0 Å². The smallest absolute Gasteiger partial charge is 0.274 e. The Morgan fingerprint density at radius 2 is 2.33 bits per heavy atom. The minimum atomic E-state index is -0.226. The quantitative estimate of drug-likeness (QED) is 0.339. The lowest BCUT2D eigenvalue weighted by Crippen LogP contribution is -2.39. The van der Waals surface area contributed by atoms with Crippen LogP contribution in [-0.2, 0) is 0 Å². The third-order valence-electron chi connectivity index (χ3n) is 2.57. The molecule has 3 N–H and O–H groups in total. The fraction of sp³-hybridized carbons (Fsp3) is 0.455. The van der Waals surface area contributed by atoms with Crippen LogP contribution in [0.4, 0.5) is 0 Å². The topological polar surface area (TPSA) is 105 Å². The largest absolute Gasteiger partial charge is 0.409 e. The molecule has 7 heteroatoms. The second kappa shape index (κ2) is 6.53. The maximum absolute atomic E-state index is 12.1. The Bertz CT molecular complexity index is 421. The first-order valence-corrected chi connectivity index (χ1v) is 5.62. The maximum Gasteiger partial charge on any atom is 0.274 e. The second-order valence-corrected chi connectivity index (χ2v) is 3.86. The molecule has 18 heavy (non-hydrogen) atoms. The summed E-state index contributed by atoms with van der Waals surface area (Å²) >= 11 is 0. The number of aromatic nitrogens is 2. The van der Waals surface area contributed by atoms with Crippen molar-refractivity contribution in [3.05, 3.63) is 24.3 Å². The lowest BCUT2D eigenvalue weighted by atomic mass is 10.1. The summed E-state index contributed by atoms with van der Waals surface area (Å²) in [6, 6.07) is 0. The molecule has 0 radical (unpaired) electrons. The van der Waals surface area contributed by atoms with Gasteiger partial charge in [0, 0.05) is 31.4 Å². The normalized spacial score (nSPS) is 13.1. The lowest BCUT2D eigenvalue weighted by Gasteiger charge is -2.23. The van der Waals surface area contributed by atoms with Crippen LogP contribution in [0, 0.1) is 5.92 Å². The molecule has 0 spiro atoms. The van der Waals surface area contributed by atoms with Crippen LogP contribution in [0.3, 0.4) is 0 Å². The number of nitrogens with two attached hydrogens (primary N) is 1. The summed E-state index contributed by atoms with van der Waals surface area (Å²) in [5.74, 6) is -0.348. The Balaban J connectivity index is 2.76. The zero-order chi connectivity index (χ0) is 13.5. The molecule has 98 valence electrons. The number of nitrogens with zero attached hydrogens (tertiary/aromatic N) is 4. The molecule has 1 aromatic heterocycles. The first-order chi connectivity index (χ1) is 8.60. The number of rotatable bonds is 5. The van der Waals surface area contributed by atoms with Gasteiger partial charge in [0.25, 0.3) is 5.91 Å². The number of carbonyl (C=O) groups excluding carboxylic acids is 1. The Hall–Kier alpha value is -2.18. The van der Waals surface area contributed by atoms with Crippen LogP contribution in [0.15, 0.2) is 23.7 Å². The molecule has 0 aliphatic carbocycles. The zero-order valence-electron chi connectivity index (χ0n) is 10.4. The van der Waals surface area contributed by atoms with Crippen molar-refractivity contribution in [1.82, 2.24) is 14.9 Å². The zero-order valence-corrected chi connectivity index (χ0v) is 10.4. The van der Waals surface area contributed by atoms with Crippen molar-refractivity contribution in [3.63, 3.8) is 0 Å². The van der Waals surface area contributed by atoms with E-state index in [1.165, 1.54) is 18.6 Å². The molecular weight excluding hydrogens is 234 g/mol. The predicted molar refractivity (Wildman–Crippen MR) is 66.2 cm³/mol. The van der Waals surface area contributed by atoms with Crippen LogP contribution in [0.1, 0.15) is 24.3 Å². The van der Waals surface area contributed by atoms with E-state index in [1.807, 2.05) is 6.92 Å². The Morgan fingerprint density at radius 3 is 2.83 bits per heavy atom. The van der Waals surface area contributed by atoms with Gasteiger partial charge >= 0.3 is 0 Å². The monoisotopic (exact) mass is 251 g/mol. The van der Waals surface area contributed by atoms with E-state index in [0.717, 1.165) is 0 Å². The minimum Gasteiger partial charge on any atom is -0.409 e. The lowest BCUT2D eigenvalue weighted by molar-refractivity contribution is 0.0747. The van der Waals surface area contributed by atoms with Gasteiger partial charge in [-0.1, -0.05) is 12.1 Å². The molecule has 0 aliphatic rings. The molecule has 1 rings (SSSR count). The molecule has 1 amide bonds. The standard InChI is InChI=1S/C11H17N5O2/c1-3-16(7-8(2)10(12)15-18)11(17)9-6-13-4-5-14-9/h4-6,8,18H,3,7H2,1-2H3,(H2,12,15). The highest BCUT2D eigenvalue weighted by atomic mass is 16.4. The molecule has 1 atom stereocenters. The van der Waals surface area contributed by atoms with Crippen molar-refractivity contribution in [1.29, 1.82) is 0 Å². The van der Waals surface area contributed by atoms with Crippen molar-refractivity contribution in [3.8, 4) is 0 Å². The van der Waals surface area contributed by atoms with E-state index in [4.69, 9.17) is 10.9 Å². The van der Waals surface area contributed by atoms with Crippen LogP contribution in [0.25, 0.3) is 0 Å². The summed E-state index contributed by atoms with van der Waals surface area (Å²) in [4.78, 5) is 21.5. The van der Waals surface area contributed by atoms with Gasteiger partial charge in [-0.3, -0.25) is 9.78 Å². The van der Waals surface area contributed by atoms with Gasteiger partial charge in [-0.2, -0.15) is 0 Å². The number of amidine groups is 1. The molecular formula is C11H17N5O2. The highest BCUT2D eigenvalue weighted by Gasteiger charge is 2.19. The maximum atomic E-state index is 12.1. The molecule has 0 bridgehead atoms. The van der Waals surface area contributed by atoms with Crippen LogP contribution < -0.4 is 5.73 Å². The van der Waals surface area contributed by atoms with Crippen molar-refractivity contribution >= 4 is 11.7 Å². The van der Waals surface area contributed by atoms with Crippen molar-refractivity contribution < 1.29 is 10.0 Å². The number of hydrogen-bond acceptors (Lipinski definition) is 5. The van der Waals surface area contributed by atoms with Crippen LogP contribution >= 0.6 is 0 Å². The van der Waals surface area contributed by atoms with E-state index in [-0.39, 0.29) is 23.4 Å². The van der Waals surface area contributed by atoms with Crippen LogP contribution in [0.2, 0.25) is 0 Å². The van der Waals surface area contributed by atoms with Gasteiger partial charge in [0.1, 0.15) is 11.5 Å². The van der Waals surface area contributed by atoms with Crippen molar-refractivity contribution in [2.45, 2.75) is 13.8 Å². The fourth-order valence-corrected chi connectivity index (χ4v) is 1.45. The first kappa shape index (κ1) is 13.9. The Labute approximate surface area is 105 Å². The van der Waals surface area contributed by atoms with Crippen LogP contribution in [0.5, 0.6) is 0 Å². The molecule has 0 saturated carbocycles. The molecule has 7 nitrogen and oxygen atoms in total. The van der Waals surface area contributed by atoms with E-state index in [0.29, 0.717) is 13.1 Å². The molecule has 1 heterocycles. The molecule has 0 saturated heterocycles. The van der Waals surface area contributed by atoms with Gasteiger partial charge in [-0.05, 0) is 6.92 Å². The number of hydrogen-bond donors (Lipinski definition) is 2. The molecule has 1 aromatic rings. The minimum absolute atomic E-state index is 0.0976. The molecule has 0 aromatic carbocycles. The molecule has 0 fully saturated rings. The third kappa shape index (κ3) is 3.41. The average Bonchev–Trinajstić information content (AvgIpc) is 2.43. The third-order valence-corrected chi connectivity index (χ3v) is 2.57. The van der Waals surface area contributed by atoms with Crippen molar-refractivity contribution in [2.75, 3.05) is 13.1 Å². The fourth-order valence-electron chi connectivity index (χ4n) is 1.45. The van der Waals surface area contributed by atoms with Crippen LogP contribution in [-0.4, -0.2) is 44.9 Å². The highest BCUT2D eigenvalue weighted by molar-refractivity contribution is 5.92. The van der Waals surface area contributed by atoms with Gasteiger partial charge in [0.05, 0.1) is 6.20 Å². The summed E-state index contributed by atoms with van der Waals surface area (Å²) in [5, 5.41) is 11.5. The second-order valence-electron chi connectivity index (χ2n) is 3.86.